The second-order valence-corrected chi connectivity index (χ2v) is 20.5. The predicted octanol–water partition coefficient (Wildman–Crippen LogP) is 7.38. The molecule has 4 aromatic rings. The number of fused-ring (bicyclic) bond motifs is 3. The Balaban J connectivity index is 0.000000158. The summed E-state index contributed by atoms with van der Waals surface area (Å²) in [5.41, 5.74) is 15.2. The third-order valence-corrected chi connectivity index (χ3v) is 14.2. The number of halogens is 2. The zero-order valence-electron chi connectivity index (χ0n) is 34.5. The van der Waals surface area contributed by atoms with E-state index < -0.39 is 0 Å². The fraction of sp³-hybridized carbons (Fsp3) is 0.442. The van der Waals surface area contributed by atoms with E-state index in [0.29, 0.717) is 11.3 Å². The Morgan fingerprint density at radius 1 is 0.709 bits per heavy atom. The molecule has 0 amide bonds. The zero-order valence-corrected chi connectivity index (χ0v) is 38.4. The SMILES string of the molecule is CC(C)(C)c1c[c-]c2c(c1)-c1cc(C(C)(C)C)ccc1C2.CC1=[C-]C(C)C=C1CC12CC3CC(CC(C3)C1)C2.[Cl-].[Cl-].[Zr+2]=[C](c1ccccc1)c1ccccc1. The second kappa shape index (κ2) is 17.7. The van der Waals surface area contributed by atoms with Crippen LogP contribution in [0.5, 0.6) is 0 Å². The van der Waals surface area contributed by atoms with Crippen molar-refractivity contribution in [2.24, 2.45) is 29.1 Å². The first-order valence-corrected chi connectivity index (χ1v) is 21.6. The second-order valence-electron chi connectivity index (χ2n) is 19.3. The molecular weight excluding hydrogens is 787 g/mol. The summed E-state index contributed by atoms with van der Waals surface area (Å²) < 4.78 is 1.42. The Hall–Kier alpha value is -2.31. The van der Waals surface area contributed by atoms with Crippen molar-refractivity contribution in [2.75, 3.05) is 0 Å². The minimum atomic E-state index is 0. The van der Waals surface area contributed by atoms with Gasteiger partial charge in [-0.05, 0) is 79.1 Å². The molecule has 10 rings (SSSR count). The fourth-order valence-electron chi connectivity index (χ4n) is 10.4. The van der Waals surface area contributed by atoms with E-state index >= 15 is 0 Å². The van der Waals surface area contributed by atoms with Crippen molar-refractivity contribution in [3.8, 4) is 11.1 Å². The summed E-state index contributed by atoms with van der Waals surface area (Å²) in [7, 11) is 0. The van der Waals surface area contributed by atoms with E-state index in [-0.39, 0.29) is 35.6 Å². The van der Waals surface area contributed by atoms with Crippen molar-refractivity contribution in [2.45, 2.75) is 118 Å². The molecule has 0 spiro atoms. The molecule has 4 aromatic carbocycles. The summed E-state index contributed by atoms with van der Waals surface area (Å²) in [6.07, 6.45) is 17.8. The molecule has 1 unspecified atom stereocenters. The van der Waals surface area contributed by atoms with Gasteiger partial charge >= 0.3 is 99.2 Å². The van der Waals surface area contributed by atoms with Crippen LogP contribution in [-0.2, 0) is 41.5 Å². The van der Waals surface area contributed by atoms with Crippen molar-refractivity contribution in [1.29, 1.82) is 0 Å². The molecule has 0 N–H and O–H groups in total. The van der Waals surface area contributed by atoms with Crippen LogP contribution in [0.2, 0.25) is 0 Å². The Morgan fingerprint density at radius 3 is 1.69 bits per heavy atom. The van der Waals surface area contributed by atoms with Gasteiger partial charge in [0.2, 0.25) is 0 Å². The number of rotatable bonds is 4. The molecule has 6 aliphatic rings. The van der Waals surface area contributed by atoms with E-state index in [0.717, 1.165) is 24.2 Å². The molecule has 0 saturated heterocycles. The normalized spacial score (nSPS) is 24.0. The first-order valence-electron chi connectivity index (χ1n) is 20.4. The summed E-state index contributed by atoms with van der Waals surface area (Å²) in [5.74, 6) is 3.82. The maximum atomic E-state index is 3.57. The molecule has 0 heterocycles. The van der Waals surface area contributed by atoms with Crippen molar-refractivity contribution < 1.29 is 49.0 Å². The van der Waals surface area contributed by atoms with Gasteiger partial charge in [-0.1, -0.05) is 102 Å². The average molecular weight is 847 g/mol. The molecule has 288 valence electrons. The third kappa shape index (κ3) is 10.2. The monoisotopic (exact) mass is 844 g/mol. The van der Waals surface area contributed by atoms with Gasteiger partial charge in [-0.3, -0.25) is 6.08 Å². The Labute approximate surface area is 361 Å². The molecule has 4 fully saturated rings. The first kappa shape index (κ1) is 43.8. The topological polar surface area (TPSA) is 0 Å². The average Bonchev–Trinajstić information content (AvgIpc) is 3.64. The van der Waals surface area contributed by atoms with Crippen molar-refractivity contribution in [1.82, 2.24) is 0 Å². The third-order valence-electron chi connectivity index (χ3n) is 12.8. The number of hydrogen-bond acceptors (Lipinski definition) is 0. The quantitative estimate of drug-likeness (QED) is 0.166. The molecule has 0 nitrogen and oxygen atoms in total. The van der Waals surface area contributed by atoms with E-state index in [1.54, 1.807) is 44.1 Å². The van der Waals surface area contributed by atoms with Crippen LogP contribution in [0.4, 0.5) is 0 Å². The van der Waals surface area contributed by atoms with Crippen LogP contribution in [-0.4, -0.2) is 3.21 Å². The molecule has 1 atom stereocenters. The molecule has 6 aliphatic carbocycles. The fourth-order valence-corrected chi connectivity index (χ4v) is 11.2. The van der Waals surface area contributed by atoms with Crippen LogP contribution in [0.15, 0.2) is 108 Å². The van der Waals surface area contributed by atoms with E-state index in [1.807, 2.05) is 0 Å². The molecule has 4 saturated carbocycles. The predicted molar refractivity (Wildman–Crippen MR) is 222 cm³/mol. The summed E-state index contributed by atoms with van der Waals surface area (Å²) in [5, 5.41) is 0. The van der Waals surface area contributed by atoms with Crippen LogP contribution in [0.25, 0.3) is 11.1 Å². The van der Waals surface area contributed by atoms with E-state index in [1.165, 1.54) is 83.9 Å². The van der Waals surface area contributed by atoms with Gasteiger partial charge in [-0.15, -0.1) is 5.56 Å². The summed E-state index contributed by atoms with van der Waals surface area (Å²) in [6.45, 7) is 18.2. The van der Waals surface area contributed by atoms with Crippen LogP contribution in [0, 0.1) is 41.2 Å². The molecule has 55 heavy (non-hydrogen) atoms. The van der Waals surface area contributed by atoms with E-state index in [2.05, 4.69) is 165 Å². The van der Waals surface area contributed by atoms with Gasteiger partial charge < -0.3 is 24.8 Å². The Kier molecular flexibility index (Phi) is 14.1. The Bertz CT molecular complexity index is 1870. The van der Waals surface area contributed by atoms with Gasteiger partial charge in [0.25, 0.3) is 0 Å². The van der Waals surface area contributed by atoms with Gasteiger partial charge in [-0.2, -0.15) is 41.0 Å². The molecule has 0 radical (unpaired) electrons. The summed E-state index contributed by atoms with van der Waals surface area (Å²) in [4.78, 5) is 0. The standard InChI is InChI=1S/C21H25.C18H25.C13H10.2ClH.Zr/c1-20(2,3)16-9-7-14-11-15-8-10-17(21(4,5)6)13-19(15)18(14)12-16;1-12-3-13(2)17(4-12)11-18-8-14-5-15(9-18)7-16(6-14)10-18;1-3-7-12(8-4-1)11-13-9-5-2-6-10-13;;;/h7,9-10,12-13H,11H2,1-6H3;4,12,14-16H,5-11H2,1-2H3;1-10H;2*1H;/q2*-1;;;;+2/p-2. The van der Waals surface area contributed by atoms with Crippen LogP contribution in [0.3, 0.4) is 0 Å². The van der Waals surface area contributed by atoms with Gasteiger partial charge in [0.1, 0.15) is 0 Å². The van der Waals surface area contributed by atoms with Gasteiger partial charge in [0.15, 0.2) is 0 Å². The van der Waals surface area contributed by atoms with E-state index in [9.17, 15) is 0 Å². The molecule has 4 bridgehead atoms. The van der Waals surface area contributed by atoms with Gasteiger partial charge in [0.05, 0.1) is 0 Å². The van der Waals surface area contributed by atoms with Crippen molar-refractivity contribution >= 4 is 3.21 Å². The van der Waals surface area contributed by atoms with Crippen LogP contribution in [0.1, 0.15) is 134 Å². The molecule has 3 heteroatoms. The maximum absolute atomic E-state index is 3.57. The molecule has 0 aliphatic heterocycles. The summed E-state index contributed by atoms with van der Waals surface area (Å²) >= 11 is 1.46. The first-order chi connectivity index (χ1) is 25.2. The van der Waals surface area contributed by atoms with Crippen LogP contribution < -0.4 is 24.8 Å². The molecular formula is C52H60Cl2Zr-2. The number of allylic oxidation sites excluding steroid dienone is 4. The number of hydrogen-bond donors (Lipinski definition) is 0. The van der Waals surface area contributed by atoms with Gasteiger partial charge in [0, 0.05) is 0 Å². The Morgan fingerprint density at radius 2 is 1.22 bits per heavy atom. The summed E-state index contributed by atoms with van der Waals surface area (Å²) in [6, 6.07) is 36.2. The van der Waals surface area contributed by atoms with Crippen molar-refractivity contribution in [3.05, 3.63) is 154 Å². The van der Waals surface area contributed by atoms with Crippen molar-refractivity contribution in [3.63, 3.8) is 0 Å². The van der Waals surface area contributed by atoms with E-state index in [4.69, 9.17) is 0 Å². The van der Waals surface area contributed by atoms with Crippen LogP contribution >= 0.6 is 0 Å². The van der Waals surface area contributed by atoms with Gasteiger partial charge in [-0.25, -0.2) is 5.57 Å². The molecule has 0 aromatic heterocycles. The minimum absolute atomic E-state index is 0. The number of benzene rings is 4. The zero-order chi connectivity index (χ0) is 37.5.